The van der Waals surface area contributed by atoms with Crippen molar-refractivity contribution in [3.05, 3.63) is 217 Å². The molecule has 3 nitrogen and oxygen atoms in total. The van der Waals surface area contributed by atoms with Crippen LogP contribution < -0.4 is 4.90 Å². The molecule has 9 aromatic carbocycles. The van der Waals surface area contributed by atoms with Gasteiger partial charge < -0.3 is 13.9 Å². The van der Waals surface area contributed by atoms with Crippen molar-refractivity contribution in [2.75, 3.05) is 4.90 Å². The second-order valence-electron chi connectivity index (χ2n) is 16.5. The first-order chi connectivity index (χ1) is 29.5. The number of para-hydroxylation sites is 2. The highest BCUT2D eigenvalue weighted by molar-refractivity contribution is 6.21. The number of hydrogen-bond donors (Lipinski definition) is 0. The van der Waals surface area contributed by atoms with Gasteiger partial charge in [-0.15, -0.1) is 0 Å². The second kappa shape index (κ2) is 13.2. The number of nitrogens with zero attached hydrogens (tertiary/aromatic N) is 2. The molecule has 0 unspecified atom stereocenters. The van der Waals surface area contributed by atoms with Gasteiger partial charge in [-0.3, -0.25) is 0 Å². The minimum atomic E-state index is -0.111. The van der Waals surface area contributed by atoms with Gasteiger partial charge in [0.1, 0.15) is 11.2 Å². The highest BCUT2D eigenvalue weighted by Crippen LogP contribution is 2.54. The van der Waals surface area contributed by atoms with Gasteiger partial charge in [0.05, 0.1) is 16.7 Å². The molecule has 2 heterocycles. The lowest BCUT2D eigenvalue weighted by atomic mass is 9.82. The summed E-state index contributed by atoms with van der Waals surface area (Å²) in [5, 5.41) is 4.69. The summed E-state index contributed by atoms with van der Waals surface area (Å²) < 4.78 is 8.82. The molecule has 0 saturated heterocycles. The van der Waals surface area contributed by atoms with Crippen molar-refractivity contribution in [1.82, 2.24) is 4.57 Å². The number of benzene rings is 9. The molecule has 0 saturated carbocycles. The standard InChI is InChI=1S/C57H40N2O/c1-57(2)48-22-11-9-20-45(48)56-49(57)23-14-25-51(56)58(41-31-27-38(28-32-41)37-15-5-3-6-16-37)42-33-29-39(30-34-42)43-21-13-24-50-55(43)47-35-46-44-19-10-12-26-53(44)60-54(46)36-52(47)59(50)40-17-7-4-8-18-40/h3-36H,1-2H3. The highest BCUT2D eigenvalue weighted by atomic mass is 16.3. The normalized spacial score (nSPS) is 13.0. The van der Waals surface area contributed by atoms with E-state index in [1.54, 1.807) is 0 Å². The van der Waals surface area contributed by atoms with E-state index in [2.05, 4.69) is 224 Å². The molecule has 0 aliphatic heterocycles. The monoisotopic (exact) mass is 768 g/mol. The van der Waals surface area contributed by atoms with Gasteiger partial charge in [0.15, 0.2) is 0 Å². The van der Waals surface area contributed by atoms with Crippen LogP contribution in [0.2, 0.25) is 0 Å². The van der Waals surface area contributed by atoms with E-state index in [1.165, 1.54) is 55.4 Å². The number of hydrogen-bond acceptors (Lipinski definition) is 2. The van der Waals surface area contributed by atoms with Gasteiger partial charge in [-0.25, -0.2) is 0 Å². The summed E-state index contributed by atoms with van der Waals surface area (Å²) in [6, 6.07) is 74.9. The Labute approximate surface area is 349 Å². The van der Waals surface area contributed by atoms with Crippen molar-refractivity contribution in [3.8, 4) is 39.1 Å². The third-order valence-corrected chi connectivity index (χ3v) is 12.8. The summed E-state index contributed by atoms with van der Waals surface area (Å²) in [5.74, 6) is 0. The second-order valence-corrected chi connectivity index (χ2v) is 16.5. The minimum absolute atomic E-state index is 0.111. The number of fused-ring (bicyclic) bond motifs is 9. The molecule has 1 aliphatic rings. The summed E-state index contributed by atoms with van der Waals surface area (Å²) in [4.78, 5) is 2.44. The first kappa shape index (κ1) is 34.4. The van der Waals surface area contributed by atoms with Crippen LogP contribution >= 0.6 is 0 Å². The number of rotatable bonds is 6. The van der Waals surface area contributed by atoms with Gasteiger partial charge in [-0.2, -0.15) is 0 Å². The van der Waals surface area contributed by atoms with E-state index in [-0.39, 0.29) is 5.41 Å². The zero-order valence-corrected chi connectivity index (χ0v) is 33.4. The molecule has 284 valence electrons. The Morgan fingerprint density at radius 3 is 1.83 bits per heavy atom. The van der Waals surface area contributed by atoms with Crippen LogP contribution in [0, 0.1) is 0 Å². The lowest BCUT2D eigenvalue weighted by Gasteiger charge is -2.29. The molecule has 0 spiro atoms. The van der Waals surface area contributed by atoms with Crippen LogP contribution in [0.3, 0.4) is 0 Å². The van der Waals surface area contributed by atoms with Crippen molar-refractivity contribution < 1.29 is 4.42 Å². The van der Waals surface area contributed by atoms with E-state index < -0.39 is 0 Å². The number of anilines is 3. The van der Waals surface area contributed by atoms with Crippen LogP contribution in [0.15, 0.2) is 211 Å². The zero-order valence-electron chi connectivity index (χ0n) is 33.4. The van der Waals surface area contributed by atoms with Crippen molar-refractivity contribution in [1.29, 1.82) is 0 Å². The topological polar surface area (TPSA) is 21.3 Å². The summed E-state index contributed by atoms with van der Waals surface area (Å²) in [6.45, 7) is 4.70. The SMILES string of the molecule is CC1(C)c2ccccc2-c2c(N(c3ccc(-c4ccccc4)cc3)c3ccc(-c4cccc5c4c4cc6c(cc4n5-c4ccccc4)oc4ccccc46)cc3)cccc21. The maximum atomic E-state index is 6.44. The summed E-state index contributed by atoms with van der Waals surface area (Å²) in [5.41, 5.74) is 18.6. The number of aromatic nitrogens is 1. The average Bonchev–Trinajstić information content (AvgIpc) is 3.91. The van der Waals surface area contributed by atoms with E-state index in [9.17, 15) is 0 Å². The van der Waals surface area contributed by atoms with E-state index in [1.807, 2.05) is 6.07 Å². The average molecular weight is 769 g/mol. The molecule has 0 radical (unpaired) electrons. The molecule has 0 bridgehead atoms. The third-order valence-electron chi connectivity index (χ3n) is 12.8. The molecular formula is C57H40N2O. The highest BCUT2D eigenvalue weighted by Gasteiger charge is 2.37. The lowest BCUT2D eigenvalue weighted by molar-refractivity contribution is 0.660. The van der Waals surface area contributed by atoms with E-state index in [0.717, 1.165) is 55.6 Å². The Hall–Kier alpha value is -7.62. The molecule has 1 aliphatic carbocycles. The van der Waals surface area contributed by atoms with Crippen molar-refractivity contribution in [2.24, 2.45) is 0 Å². The van der Waals surface area contributed by atoms with Crippen molar-refractivity contribution >= 4 is 60.8 Å². The van der Waals surface area contributed by atoms with Crippen LogP contribution in [0.1, 0.15) is 25.0 Å². The van der Waals surface area contributed by atoms with Crippen LogP contribution in [0.5, 0.6) is 0 Å². The van der Waals surface area contributed by atoms with Crippen LogP contribution in [-0.4, -0.2) is 4.57 Å². The first-order valence-corrected chi connectivity index (χ1v) is 20.8. The molecule has 2 aromatic heterocycles. The van der Waals surface area contributed by atoms with Gasteiger partial charge in [-0.1, -0.05) is 153 Å². The third kappa shape index (κ3) is 5.15. The quantitative estimate of drug-likeness (QED) is 0.168. The molecule has 0 fully saturated rings. The predicted octanol–water partition coefficient (Wildman–Crippen LogP) is 15.8. The smallest absolute Gasteiger partial charge is 0.137 e. The van der Waals surface area contributed by atoms with Gasteiger partial charge in [0.2, 0.25) is 0 Å². The maximum Gasteiger partial charge on any atom is 0.137 e. The fraction of sp³-hybridized carbons (Fsp3) is 0.0526. The van der Waals surface area contributed by atoms with Crippen LogP contribution in [0.4, 0.5) is 17.1 Å². The predicted molar refractivity (Wildman–Crippen MR) is 251 cm³/mol. The molecule has 3 heteroatoms. The largest absolute Gasteiger partial charge is 0.456 e. The summed E-state index contributed by atoms with van der Waals surface area (Å²) in [7, 11) is 0. The van der Waals surface area contributed by atoms with Crippen LogP contribution in [-0.2, 0) is 5.41 Å². The maximum absolute atomic E-state index is 6.44. The molecule has 60 heavy (non-hydrogen) atoms. The molecule has 0 N–H and O–H groups in total. The van der Waals surface area contributed by atoms with E-state index >= 15 is 0 Å². The van der Waals surface area contributed by atoms with E-state index in [0.29, 0.717) is 0 Å². The zero-order chi connectivity index (χ0) is 40.0. The Balaban J connectivity index is 1.05. The van der Waals surface area contributed by atoms with Crippen LogP contribution in [0.25, 0.3) is 82.8 Å². The van der Waals surface area contributed by atoms with Gasteiger partial charge in [0, 0.05) is 55.7 Å². The minimum Gasteiger partial charge on any atom is -0.456 e. The fourth-order valence-electron chi connectivity index (χ4n) is 9.95. The Morgan fingerprint density at radius 2 is 1.05 bits per heavy atom. The van der Waals surface area contributed by atoms with E-state index in [4.69, 9.17) is 4.42 Å². The lowest BCUT2D eigenvalue weighted by Crippen LogP contribution is -2.16. The summed E-state index contributed by atoms with van der Waals surface area (Å²) >= 11 is 0. The van der Waals surface area contributed by atoms with Crippen molar-refractivity contribution in [2.45, 2.75) is 19.3 Å². The Morgan fingerprint density at radius 1 is 0.433 bits per heavy atom. The molecule has 0 amide bonds. The van der Waals surface area contributed by atoms with Gasteiger partial charge in [-0.05, 0) is 99.6 Å². The Bertz CT molecular complexity index is 3430. The molecule has 11 aromatic rings. The van der Waals surface area contributed by atoms with Gasteiger partial charge in [0.25, 0.3) is 0 Å². The molecule has 12 rings (SSSR count). The Kier molecular flexibility index (Phi) is 7.58. The first-order valence-electron chi connectivity index (χ1n) is 20.8. The molecular weight excluding hydrogens is 729 g/mol. The molecule has 0 atom stereocenters. The number of furan rings is 1. The fourth-order valence-corrected chi connectivity index (χ4v) is 9.95. The van der Waals surface area contributed by atoms with Gasteiger partial charge >= 0.3 is 0 Å². The van der Waals surface area contributed by atoms with Crippen molar-refractivity contribution in [3.63, 3.8) is 0 Å². The summed E-state index contributed by atoms with van der Waals surface area (Å²) in [6.07, 6.45) is 0.